The van der Waals surface area contributed by atoms with Crippen LogP contribution in [0.15, 0.2) is 42.5 Å². The van der Waals surface area contributed by atoms with Gasteiger partial charge in [-0.25, -0.2) is 8.78 Å². The van der Waals surface area contributed by atoms with Gasteiger partial charge in [-0.1, -0.05) is 25.1 Å². The summed E-state index contributed by atoms with van der Waals surface area (Å²) >= 11 is 0. The van der Waals surface area contributed by atoms with Crippen molar-refractivity contribution in [2.45, 2.75) is 19.4 Å². The van der Waals surface area contributed by atoms with E-state index in [1.165, 1.54) is 6.07 Å². The van der Waals surface area contributed by atoms with E-state index in [1.54, 1.807) is 24.3 Å². The molecule has 2 rings (SSSR count). The highest BCUT2D eigenvalue weighted by Gasteiger charge is 2.11. The predicted molar refractivity (Wildman–Crippen MR) is 81.4 cm³/mol. The van der Waals surface area contributed by atoms with Crippen LogP contribution in [-0.4, -0.2) is 12.5 Å². The summed E-state index contributed by atoms with van der Waals surface area (Å²) in [7, 11) is 0. The number of rotatable bonds is 5. The molecule has 2 aromatic rings. The van der Waals surface area contributed by atoms with Crippen LogP contribution in [0.3, 0.4) is 0 Å². The number of hydrogen-bond donors (Lipinski definition) is 2. The van der Waals surface area contributed by atoms with E-state index in [4.69, 9.17) is 5.73 Å². The molecule has 0 aliphatic carbocycles. The summed E-state index contributed by atoms with van der Waals surface area (Å²) in [6.07, 6.45) is 0. The highest BCUT2D eigenvalue weighted by Crippen LogP contribution is 2.17. The van der Waals surface area contributed by atoms with Crippen LogP contribution in [0.4, 0.5) is 8.78 Å². The molecule has 0 aliphatic heterocycles. The number of carbonyl (C=O) groups is 1. The molecule has 1 amide bonds. The second kappa shape index (κ2) is 7.13. The molecule has 2 aromatic carbocycles. The van der Waals surface area contributed by atoms with Crippen molar-refractivity contribution in [3.8, 4) is 0 Å². The summed E-state index contributed by atoms with van der Waals surface area (Å²) in [6, 6.07) is 10.8. The summed E-state index contributed by atoms with van der Waals surface area (Å²) in [4.78, 5) is 12.0. The zero-order valence-corrected chi connectivity index (χ0v) is 12.3. The maximum atomic E-state index is 13.2. The molecule has 0 saturated carbocycles. The normalized spacial score (nSPS) is 12.0. The van der Waals surface area contributed by atoms with Gasteiger partial charge in [0.05, 0.1) is 0 Å². The third-order valence-corrected chi connectivity index (χ3v) is 3.53. The van der Waals surface area contributed by atoms with Crippen LogP contribution in [0.2, 0.25) is 0 Å². The van der Waals surface area contributed by atoms with E-state index in [9.17, 15) is 13.6 Å². The van der Waals surface area contributed by atoms with Gasteiger partial charge in [-0.2, -0.15) is 0 Å². The summed E-state index contributed by atoms with van der Waals surface area (Å²) in [6.45, 7) is 2.60. The van der Waals surface area contributed by atoms with Crippen molar-refractivity contribution >= 4 is 5.91 Å². The first-order chi connectivity index (χ1) is 10.5. The van der Waals surface area contributed by atoms with Crippen molar-refractivity contribution in [2.75, 3.05) is 6.54 Å². The van der Waals surface area contributed by atoms with Crippen LogP contribution in [-0.2, 0) is 6.54 Å². The molecule has 0 fully saturated rings. The van der Waals surface area contributed by atoms with Gasteiger partial charge in [0, 0.05) is 18.7 Å². The number of nitrogens with one attached hydrogen (secondary N) is 1. The molecule has 22 heavy (non-hydrogen) atoms. The summed E-state index contributed by atoms with van der Waals surface area (Å²) in [5.74, 6) is -2.09. The fourth-order valence-electron chi connectivity index (χ4n) is 2.08. The zero-order chi connectivity index (χ0) is 16.1. The van der Waals surface area contributed by atoms with Crippen molar-refractivity contribution in [1.82, 2.24) is 5.32 Å². The van der Waals surface area contributed by atoms with Gasteiger partial charge in [-0.15, -0.1) is 0 Å². The molecule has 5 heteroatoms. The number of halogens is 2. The number of benzene rings is 2. The lowest BCUT2D eigenvalue weighted by Gasteiger charge is -2.13. The Morgan fingerprint density at radius 2 is 1.82 bits per heavy atom. The summed E-state index contributed by atoms with van der Waals surface area (Å²) < 4.78 is 26.1. The SMILES string of the molecule is CC(CNC(=O)c1ccc(CN)cc1)c1ccc(F)c(F)c1. The van der Waals surface area contributed by atoms with Gasteiger partial charge < -0.3 is 11.1 Å². The lowest BCUT2D eigenvalue weighted by atomic mass is 10.0. The van der Waals surface area contributed by atoms with Crippen LogP contribution < -0.4 is 11.1 Å². The predicted octanol–water partition coefficient (Wildman–Crippen LogP) is 2.96. The molecular weight excluding hydrogens is 286 g/mol. The topological polar surface area (TPSA) is 55.1 Å². The van der Waals surface area contributed by atoms with Crippen molar-refractivity contribution in [3.05, 3.63) is 70.8 Å². The Labute approximate surface area is 128 Å². The lowest BCUT2D eigenvalue weighted by Crippen LogP contribution is -2.27. The maximum absolute atomic E-state index is 13.2. The lowest BCUT2D eigenvalue weighted by molar-refractivity contribution is 0.0951. The van der Waals surface area contributed by atoms with Gasteiger partial charge >= 0.3 is 0 Å². The van der Waals surface area contributed by atoms with Crippen molar-refractivity contribution in [2.24, 2.45) is 5.73 Å². The van der Waals surface area contributed by atoms with E-state index < -0.39 is 11.6 Å². The monoisotopic (exact) mass is 304 g/mol. The van der Waals surface area contributed by atoms with E-state index in [0.717, 1.165) is 17.7 Å². The largest absolute Gasteiger partial charge is 0.351 e. The van der Waals surface area contributed by atoms with Gasteiger partial charge in [-0.05, 0) is 41.3 Å². The maximum Gasteiger partial charge on any atom is 0.251 e. The summed E-state index contributed by atoms with van der Waals surface area (Å²) in [5.41, 5.74) is 7.63. The molecule has 3 N–H and O–H groups in total. The molecule has 0 heterocycles. The molecule has 1 atom stereocenters. The third kappa shape index (κ3) is 3.89. The average molecular weight is 304 g/mol. The highest BCUT2D eigenvalue weighted by molar-refractivity contribution is 5.94. The first kappa shape index (κ1) is 16.1. The molecule has 116 valence electrons. The molecule has 0 bridgehead atoms. The molecule has 0 aliphatic rings. The highest BCUT2D eigenvalue weighted by atomic mass is 19.2. The molecule has 0 aromatic heterocycles. The van der Waals surface area contributed by atoms with Crippen molar-refractivity contribution < 1.29 is 13.6 Å². The smallest absolute Gasteiger partial charge is 0.251 e. The van der Waals surface area contributed by atoms with E-state index in [0.29, 0.717) is 24.2 Å². The quantitative estimate of drug-likeness (QED) is 0.892. The molecule has 0 saturated heterocycles. The van der Waals surface area contributed by atoms with E-state index in [2.05, 4.69) is 5.32 Å². The van der Waals surface area contributed by atoms with Crippen molar-refractivity contribution in [3.63, 3.8) is 0 Å². The number of nitrogens with two attached hydrogens (primary N) is 1. The van der Waals surface area contributed by atoms with Crippen LogP contribution in [0.5, 0.6) is 0 Å². The Kier molecular flexibility index (Phi) is 5.22. The Bertz CT molecular complexity index is 656. The fraction of sp³-hybridized carbons (Fsp3) is 0.235. The van der Waals surface area contributed by atoms with Gasteiger partial charge in [0.25, 0.3) is 5.91 Å². The van der Waals surface area contributed by atoms with Crippen LogP contribution in [0.25, 0.3) is 0 Å². The fourth-order valence-corrected chi connectivity index (χ4v) is 2.08. The van der Waals surface area contributed by atoms with Crippen LogP contribution in [0.1, 0.15) is 34.3 Å². The van der Waals surface area contributed by atoms with E-state index in [1.807, 2.05) is 6.92 Å². The van der Waals surface area contributed by atoms with Gasteiger partial charge in [0.2, 0.25) is 0 Å². The molecule has 1 unspecified atom stereocenters. The molecular formula is C17H18F2N2O. The summed E-state index contributed by atoms with van der Waals surface area (Å²) in [5, 5.41) is 2.78. The Morgan fingerprint density at radius 3 is 2.41 bits per heavy atom. The Morgan fingerprint density at radius 1 is 1.14 bits per heavy atom. The van der Waals surface area contributed by atoms with Gasteiger partial charge in [-0.3, -0.25) is 4.79 Å². The Balaban J connectivity index is 1.95. The minimum atomic E-state index is -0.881. The second-order valence-electron chi connectivity index (χ2n) is 5.19. The van der Waals surface area contributed by atoms with Gasteiger partial charge in [0.1, 0.15) is 0 Å². The first-order valence-corrected chi connectivity index (χ1v) is 7.03. The minimum Gasteiger partial charge on any atom is -0.351 e. The third-order valence-electron chi connectivity index (χ3n) is 3.53. The standard InChI is InChI=1S/C17H18F2N2O/c1-11(14-6-7-15(18)16(19)8-14)10-21-17(22)13-4-2-12(9-20)3-5-13/h2-8,11H,9-10,20H2,1H3,(H,21,22). The van der Waals surface area contributed by atoms with E-state index in [-0.39, 0.29) is 11.8 Å². The Hall–Kier alpha value is -2.27. The van der Waals surface area contributed by atoms with Gasteiger partial charge in [0.15, 0.2) is 11.6 Å². The van der Waals surface area contributed by atoms with Crippen LogP contribution in [0, 0.1) is 11.6 Å². The zero-order valence-electron chi connectivity index (χ0n) is 12.3. The first-order valence-electron chi connectivity index (χ1n) is 7.03. The van der Waals surface area contributed by atoms with Crippen LogP contribution >= 0.6 is 0 Å². The second-order valence-corrected chi connectivity index (χ2v) is 5.19. The average Bonchev–Trinajstić information content (AvgIpc) is 2.54. The molecule has 0 radical (unpaired) electrons. The number of amides is 1. The number of hydrogen-bond acceptors (Lipinski definition) is 2. The molecule has 0 spiro atoms. The van der Waals surface area contributed by atoms with E-state index >= 15 is 0 Å². The van der Waals surface area contributed by atoms with Crippen molar-refractivity contribution in [1.29, 1.82) is 0 Å². The molecule has 3 nitrogen and oxygen atoms in total. The number of carbonyl (C=O) groups excluding carboxylic acids is 1. The minimum absolute atomic E-state index is 0.123.